The van der Waals surface area contributed by atoms with Crippen LogP contribution in [-0.2, 0) is 4.74 Å². The van der Waals surface area contributed by atoms with Gasteiger partial charge in [-0.2, -0.15) is 10.4 Å². The van der Waals surface area contributed by atoms with Crippen molar-refractivity contribution >= 4 is 17.4 Å². The molecular weight excluding hydrogens is 288 g/mol. The number of nitrogens with zero attached hydrogens (tertiary/aromatic N) is 3. The number of nitrogens with two attached hydrogens (primary N) is 1. The largest absolute Gasteiger partial charge is 0.382 e. The van der Waals surface area contributed by atoms with Gasteiger partial charge >= 0.3 is 0 Å². The summed E-state index contributed by atoms with van der Waals surface area (Å²) in [6.07, 6.45) is 1.68. The molecule has 0 spiro atoms. The molecule has 0 radical (unpaired) electrons. The van der Waals surface area contributed by atoms with E-state index in [0.29, 0.717) is 28.7 Å². The van der Waals surface area contributed by atoms with E-state index in [-0.39, 0.29) is 6.10 Å². The van der Waals surface area contributed by atoms with Crippen LogP contribution in [0.4, 0.5) is 5.82 Å². The summed E-state index contributed by atoms with van der Waals surface area (Å²) in [5.74, 6) is 0.327. The molecule has 2 heterocycles. The number of nitrogen functional groups attached to an aromatic ring is 1. The average molecular weight is 303 g/mol. The highest BCUT2D eigenvalue weighted by Gasteiger charge is 2.27. The van der Waals surface area contributed by atoms with Crippen molar-refractivity contribution in [3.05, 3.63) is 40.0 Å². The van der Waals surface area contributed by atoms with E-state index in [1.165, 1.54) is 0 Å². The van der Waals surface area contributed by atoms with E-state index in [4.69, 9.17) is 22.1 Å². The molecule has 1 aliphatic heterocycles. The van der Waals surface area contributed by atoms with E-state index in [2.05, 4.69) is 11.2 Å². The van der Waals surface area contributed by atoms with Gasteiger partial charge in [0, 0.05) is 11.6 Å². The fourth-order valence-electron chi connectivity index (χ4n) is 2.58. The van der Waals surface area contributed by atoms with Crippen LogP contribution in [0.15, 0.2) is 18.2 Å². The molecule has 6 heteroatoms. The molecule has 3 rings (SSSR count). The molecule has 21 heavy (non-hydrogen) atoms. The van der Waals surface area contributed by atoms with Crippen LogP contribution >= 0.6 is 11.6 Å². The van der Waals surface area contributed by atoms with Crippen LogP contribution in [0.3, 0.4) is 0 Å². The molecule has 1 atom stereocenters. The van der Waals surface area contributed by atoms with Gasteiger partial charge in [-0.3, -0.25) is 0 Å². The van der Waals surface area contributed by atoms with Gasteiger partial charge in [0.05, 0.1) is 5.69 Å². The molecule has 1 aliphatic rings. The lowest BCUT2D eigenvalue weighted by atomic mass is 10.1. The fraction of sp³-hybridized carbons (Fsp3) is 0.333. The molecule has 5 nitrogen and oxygen atoms in total. The van der Waals surface area contributed by atoms with Crippen LogP contribution in [0.5, 0.6) is 0 Å². The molecule has 2 N–H and O–H groups in total. The maximum absolute atomic E-state index is 9.38. The SMILES string of the molecule is Cc1ccc(Cl)cc1-n1nc([C@@H]2CCCO2)c(C#N)c1N. The Bertz CT molecular complexity index is 726. The third-order valence-electron chi connectivity index (χ3n) is 3.69. The predicted molar refractivity (Wildman–Crippen MR) is 80.4 cm³/mol. The van der Waals surface area contributed by atoms with Crippen molar-refractivity contribution in [3.63, 3.8) is 0 Å². The zero-order chi connectivity index (χ0) is 15.0. The minimum atomic E-state index is -0.150. The van der Waals surface area contributed by atoms with Gasteiger partial charge in [-0.25, -0.2) is 4.68 Å². The van der Waals surface area contributed by atoms with Crippen molar-refractivity contribution in [2.75, 3.05) is 12.3 Å². The Morgan fingerprint density at radius 2 is 2.33 bits per heavy atom. The Kier molecular flexibility index (Phi) is 3.58. The minimum absolute atomic E-state index is 0.150. The first-order chi connectivity index (χ1) is 10.1. The zero-order valence-corrected chi connectivity index (χ0v) is 12.4. The number of halogens is 1. The second-order valence-corrected chi connectivity index (χ2v) is 5.54. The van der Waals surface area contributed by atoms with Crippen LogP contribution in [0.2, 0.25) is 5.02 Å². The highest BCUT2D eigenvalue weighted by atomic mass is 35.5. The molecule has 0 aliphatic carbocycles. The first-order valence-corrected chi connectivity index (χ1v) is 7.16. The lowest BCUT2D eigenvalue weighted by molar-refractivity contribution is 0.108. The topological polar surface area (TPSA) is 76.9 Å². The lowest BCUT2D eigenvalue weighted by Crippen LogP contribution is -2.05. The Balaban J connectivity index is 2.15. The standard InChI is InChI=1S/C15H15ClN4O/c1-9-4-5-10(16)7-12(9)20-15(18)11(8-17)14(19-20)13-3-2-6-21-13/h4-5,7,13H,2-3,6,18H2,1H3/t13-/m0/s1. The monoisotopic (exact) mass is 302 g/mol. The summed E-state index contributed by atoms with van der Waals surface area (Å²) >= 11 is 6.06. The number of ether oxygens (including phenoxy) is 1. The van der Waals surface area contributed by atoms with Crippen molar-refractivity contribution in [2.24, 2.45) is 0 Å². The van der Waals surface area contributed by atoms with E-state index in [0.717, 1.165) is 24.1 Å². The molecule has 0 bridgehead atoms. The number of hydrogen-bond acceptors (Lipinski definition) is 4. The van der Waals surface area contributed by atoms with Crippen molar-refractivity contribution < 1.29 is 4.74 Å². The molecule has 2 aromatic rings. The summed E-state index contributed by atoms with van der Waals surface area (Å²) in [6, 6.07) is 7.65. The summed E-state index contributed by atoms with van der Waals surface area (Å²) in [6.45, 7) is 2.64. The highest BCUT2D eigenvalue weighted by molar-refractivity contribution is 6.30. The number of nitriles is 1. The molecule has 1 saturated heterocycles. The van der Waals surface area contributed by atoms with Crippen LogP contribution in [0.1, 0.15) is 35.8 Å². The van der Waals surface area contributed by atoms with Crippen molar-refractivity contribution in [1.29, 1.82) is 5.26 Å². The lowest BCUT2D eigenvalue weighted by Gasteiger charge is -2.08. The van der Waals surface area contributed by atoms with E-state index >= 15 is 0 Å². The zero-order valence-electron chi connectivity index (χ0n) is 11.6. The predicted octanol–water partition coefficient (Wildman–Crippen LogP) is 3.14. The smallest absolute Gasteiger partial charge is 0.145 e. The Morgan fingerprint density at radius 1 is 1.52 bits per heavy atom. The fourth-order valence-corrected chi connectivity index (χ4v) is 2.74. The van der Waals surface area contributed by atoms with Gasteiger partial charge in [0.2, 0.25) is 0 Å². The van der Waals surface area contributed by atoms with Gasteiger partial charge in [0.15, 0.2) is 0 Å². The second kappa shape index (κ2) is 5.40. The molecule has 1 fully saturated rings. The maximum Gasteiger partial charge on any atom is 0.145 e. The van der Waals surface area contributed by atoms with Crippen molar-refractivity contribution in [1.82, 2.24) is 9.78 Å². The minimum Gasteiger partial charge on any atom is -0.382 e. The van der Waals surface area contributed by atoms with Gasteiger partial charge < -0.3 is 10.5 Å². The van der Waals surface area contributed by atoms with E-state index in [1.807, 2.05) is 19.1 Å². The number of anilines is 1. The first kappa shape index (κ1) is 13.9. The van der Waals surface area contributed by atoms with Crippen LogP contribution in [0.25, 0.3) is 5.69 Å². The summed E-state index contributed by atoms with van der Waals surface area (Å²) in [4.78, 5) is 0. The summed E-state index contributed by atoms with van der Waals surface area (Å²) in [7, 11) is 0. The van der Waals surface area contributed by atoms with Gasteiger partial charge in [0.25, 0.3) is 0 Å². The number of rotatable bonds is 2. The van der Waals surface area contributed by atoms with Crippen molar-refractivity contribution in [3.8, 4) is 11.8 Å². The highest BCUT2D eigenvalue weighted by Crippen LogP contribution is 2.33. The Morgan fingerprint density at radius 3 is 3.00 bits per heavy atom. The van der Waals surface area contributed by atoms with Gasteiger partial charge in [-0.15, -0.1) is 0 Å². The quantitative estimate of drug-likeness (QED) is 0.924. The van der Waals surface area contributed by atoms with Gasteiger partial charge in [0.1, 0.15) is 29.2 Å². The third kappa shape index (κ3) is 2.37. The van der Waals surface area contributed by atoms with Gasteiger partial charge in [-0.1, -0.05) is 17.7 Å². The van der Waals surface area contributed by atoms with Crippen LogP contribution < -0.4 is 5.73 Å². The van der Waals surface area contributed by atoms with E-state index in [9.17, 15) is 5.26 Å². The molecule has 108 valence electrons. The molecule has 1 aromatic heterocycles. The number of aryl methyl sites for hydroxylation is 1. The summed E-state index contributed by atoms with van der Waals surface area (Å²) < 4.78 is 7.21. The van der Waals surface area contributed by atoms with Crippen LogP contribution in [0, 0.1) is 18.3 Å². The summed E-state index contributed by atoms with van der Waals surface area (Å²) in [5.41, 5.74) is 8.88. The number of benzene rings is 1. The Hall–Kier alpha value is -2.03. The maximum atomic E-state index is 9.38. The molecule has 0 amide bonds. The molecule has 0 unspecified atom stereocenters. The number of hydrogen-bond donors (Lipinski definition) is 1. The first-order valence-electron chi connectivity index (χ1n) is 6.78. The second-order valence-electron chi connectivity index (χ2n) is 5.10. The third-order valence-corrected chi connectivity index (χ3v) is 3.93. The normalized spacial score (nSPS) is 17.9. The number of aromatic nitrogens is 2. The average Bonchev–Trinajstić information content (AvgIpc) is 3.09. The molecular formula is C15H15ClN4O. The Labute approximate surface area is 127 Å². The molecule has 0 saturated carbocycles. The van der Waals surface area contributed by atoms with Gasteiger partial charge in [-0.05, 0) is 37.5 Å². The summed E-state index contributed by atoms with van der Waals surface area (Å²) in [5, 5.41) is 14.5. The van der Waals surface area contributed by atoms with Crippen molar-refractivity contribution in [2.45, 2.75) is 25.9 Å². The van der Waals surface area contributed by atoms with Crippen LogP contribution in [-0.4, -0.2) is 16.4 Å². The van der Waals surface area contributed by atoms with E-state index in [1.54, 1.807) is 10.7 Å². The molecule has 1 aromatic carbocycles. The van der Waals surface area contributed by atoms with E-state index < -0.39 is 0 Å².